The smallest absolute Gasteiger partial charge is 0.226 e. The van der Waals surface area contributed by atoms with Crippen molar-refractivity contribution in [2.45, 2.75) is 45.4 Å². The van der Waals surface area contributed by atoms with Gasteiger partial charge >= 0.3 is 0 Å². The highest BCUT2D eigenvalue weighted by atomic mass is 16.2. The molecular weight excluding hydrogens is 310 g/mol. The molecule has 1 N–H and O–H groups in total. The zero-order valence-electron chi connectivity index (χ0n) is 14.8. The summed E-state index contributed by atoms with van der Waals surface area (Å²) in [7, 11) is 0. The molecule has 5 rings (SSSR count). The lowest BCUT2D eigenvalue weighted by atomic mass is 9.49. The molecule has 0 atom stereocenters. The SMILES string of the molecule is CC(=O)c1ccc(C#CCNC(=O)C23CC4CC(CC(C4)C2)C3)cc1. The Morgan fingerprint density at radius 3 is 2.12 bits per heavy atom. The molecule has 4 bridgehead atoms. The third-order valence-electron chi connectivity index (χ3n) is 6.38. The van der Waals surface area contributed by atoms with E-state index in [1.807, 2.05) is 12.1 Å². The monoisotopic (exact) mass is 335 g/mol. The molecule has 1 aromatic carbocycles. The summed E-state index contributed by atoms with van der Waals surface area (Å²) < 4.78 is 0. The van der Waals surface area contributed by atoms with Gasteiger partial charge in [0.25, 0.3) is 0 Å². The van der Waals surface area contributed by atoms with Gasteiger partial charge in [0.1, 0.15) is 0 Å². The van der Waals surface area contributed by atoms with Gasteiger partial charge in [-0.2, -0.15) is 0 Å². The topological polar surface area (TPSA) is 46.2 Å². The van der Waals surface area contributed by atoms with E-state index in [0.29, 0.717) is 12.1 Å². The van der Waals surface area contributed by atoms with Crippen LogP contribution in [0, 0.1) is 35.0 Å². The average molecular weight is 335 g/mol. The van der Waals surface area contributed by atoms with E-state index in [9.17, 15) is 9.59 Å². The Kier molecular flexibility index (Phi) is 4.15. The molecule has 0 unspecified atom stereocenters. The van der Waals surface area contributed by atoms with Crippen LogP contribution in [0.25, 0.3) is 0 Å². The third kappa shape index (κ3) is 3.23. The van der Waals surface area contributed by atoms with Crippen LogP contribution in [0.2, 0.25) is 0 Å². The molecule has 1 aromatic rings. The van der Waals surface area contributed by atoms with Crippen molar-refractivity contribution in [1.82, 2.24) is 5.32 Å². The van der Waals surface area contributed by atoms with E-state index in [1.54, 1.807) is 19.1 Å². The number of nitrogens with one attached hydrogen (secondary N) is 1. The number of hydrogen-bond donors (Lipinski definition) is 1. The Bertz CT molecular complexity index is 715. The standard InChI is InChI=1S/C22H25NO2/c1-15(24)20-6-4-16(5-7-20)3-2-8-23-21(25)22-12-17-9-18(13-22)11-19(10-17)14-22/h4-7,17-19H,8-14H2,1H3,(H,23,25). The lowest BCUT2D eigenvalue weighted by Gasteiger charge is -2.55. The summed E-state index contributed by atoms with van der Waals surface area (Å²) >= 11 is 0. The van der Waals surface area contributed by atoms with Crippen LogP contribution in [-0.2, 0) is 4.79 Å². The van der Waals surface area contributed by atoms with Crippen LogP contribution in [0.5, 0.6) is 0 Å². The summed E-state index contributed by atoms with van der Waals surface area (Å²) in [4.78, 5) is 24.1. The lowest BCUT2D eigenvalue weighted by molar-refractivity contribution is -0.145. The minimum absolute atomic E-state index is 0.0577. The molecule has 0 aliphatic heterocycles. The van der Waals surface area contributed by atoms with Crippen molar-refractivity contribution in [2.75, 3.05) is 6.54 Å². The van der Waals surface area contributed by atoms with Gasteiger partial charge in [0.15, 0.2) is 5.78 Å². The molecule has 4 aliphatic rings. The van der Waals surface area contributed by atoms with Crippen molar-refractivity contribution in [2.24, 2.45) is 23.2 Å². The molecule has 130 valence electrons. The summed E-state index contributed by atoms with van der Waals surface area (Å²) in [5.74, 6) is 8.74. The fourth-order valence-electron chi connectivity index (χ4n) is 5.64. The Morgan fingerprint density at radius 2 is 1.60 bits per heavy atom. The molecule has 0 radical (unpaired) electrons. The second-order valence-corrected chi connectivity index (χ2v) is 8.32. The molecule has 0 spiro atoms. The molecule has 4 aliphatic carbocycles. The molecular formula is C22H25NO2. The first-order chi connectivity index (χ1) is 12.0. The predicted molar refractivity (Wildman–Crippen MR) is 96.9 cm³/mol. The van der Waals surface area contributed by atoms with Gasteiger partial charge in [0, 0.05) is 16.5 Å². The van der Waals surface area contributed by atoms with E-state index in [1.165, 1.54) is 19.3 Å². The van der Waals surface area contributed by atoms with Gasteiger partial charge in [0.2, 0.25) is 5.91 Å². The molecule has 0 aromatic heterocycles. The van der Waals surface area contributed by atoms with Crippen molar-refractivity contribution < 1.29 is 9.59 Å². The fraction of sp³-hybridized carbons (Fsp3) is 0.545. The van der Waals surface area contributed by atoms with Crippen LogP contribution in [0.3, 0.4) is 0 Å². The number of amides is 1. The van der Waals surface area contributed by atoms with Crippen LogP contribution >= 0.6 is 0 Å². The van der Waals surface area contributed by atoms with Gasteiger partial charge in [-0.3, -0.25) is 9.59 Å². The Hall–Kier alpha value is -2.08. The lowest BCUT2D eigenvalue weighted by Crippen LogP contribution is -2.53. The van der Waals surface area contributed by atoms with Crippen LogP contribution < -0.4 is 5.32 Å². The van der Waals surface area contributed by atoms with E-state index in [4.69, 9.17) is 0 Å². The van der Waals surface area contributed by atoms with Crippen molar-refractivity contribution in [1.29, 1.82) is 0 Å². The van der Waals surface area contributed by atoms with E-state index < -0.39 is 0 Å². The van der Waals surface area contributed by atoms with Crippen molar-refractivity contribution in [3.8, 4) is 11.8 Å². The molecule has 4 saturated carbocycles. The van der Waals surface area contributed by atoms with Gasteiger partial charge < -0.3 is 5.32 Å². The zero-order valence-corrected chi connectivity index (χ0v) is 14.8. The van der Waals surface area contributed by atoms with Crippen molar-refractivity contribution >= 4 is 11.7 Å². The third-order valence-corrected chi connectivity index (χ3v) is 6.38. The highest BCUT2D eigenvalue weighted by Gasteiger charge is 2.54. The maximum absolute atomic E-state index is 12.8. The van der Waals surface area contributed by atoms with E-state index in [2.05, 4.69) is 17.2 Å². The highest BCUT2D eigenvalue weighted by Crippen LogP contribution is 2.60. The number of ketones is 1. The largest absolute Gasteiger partial charge is 0.345 e. The molecule has 3 heteroatoms. The van der Waals surface area contributed by atoms with Crippen LogP contribution in [0.1, 0.15) is 61.4 Å². The molecule has 1 amide bonds. The second kappa shape index (κ2) is 6.33. The molecule has 3 nitrogen and oxygen atoms in total. The normalized spacial score (nSPS) is 32.0. The van der Waals surface area contributed by atoms with Crippen molar-refractivity contribution in [3.63, 3.8) is 0 Å². The minimum Gasteiger partial charge on any atom is -0.345 e. The zero-order chi connectivity index (χ0) is 17.4. The number of benzene rings is 1. The van der Waals surface area contributed by atoms with Crippen LogP contribution in [0.15, 0.2) is 24.3 Å². The maximum atomic E-state index is 12.8. The van der Waals surface area contributed by atoms with E-state index in [0.717, 1.165) is 42.6 Å². The average Bonchev–Trinajstić information content (AvgIpc) is 2.57. The van der Waals surface area contributed by atoms with E-state index in [-0.39, 0.29) is 17.1 Å². The molecule has 25 heavy (non-hydrogen) atoms. The number of carbonyl (C=O) groups is 2. The quantitative estimate of drug-likeness (QED) is 0.678. The summed E-state index contributed by atoms with van der Waals surface area (Å²) in [5, 5.41) is 3.07. The Labute approximate surface area is 149 Å². The van der Waals surface area contributed by atoms with Gasteiger partial charge in [0.05, 0.1) is 6.54 Å². The summed E-state index contributed by atoms with van der Waals surface area (Å²) in [5.41, 5.74) is 1.47. The summed E-state index contributed by atoms with van der Waals surface area (Å²) in [6.07, 6.45) is 7.31. The maximum Gasteiger partial charge on any atom is 0.226 e. The Balaban J connectivity index is 1.35. The minimum atomic E-state index is -0.0977. The number of rotatable bonds is 3. The molecule has 0 saturated heterocycles. The van der Waals surface area contributed by atoms with Gasteiger partial charge in [-0.05, 0) is 75.3 Å². The van der Waals surface area contributed by atoms with E-state index >= 15 is 0 Å². The van der Waals surface area contributed by atoms with Gasteiger partial charge in [-0.25, -0.2) is 0 Å². The van der Waals surface area contributed by atoms with Crippen LogP contribution in [0.4, 0.5) is 0 Å². The summed E-state index contributed by atoms with van der Waals surface area (Å²) in [6, 6.07) is 7.29. The highest BCUT2D eigenvalue weighted by molar-refractivity contribution is 5.94. The number of carbonyl (C=O) groups excluding carboxylic acids is 2. The number of Topliss-reactive ketones (excluding diaryl/α,β-unsaturated/α-hetero) is 1. The van der Waals surface area contributed by atoms with Crippen LogP contribution in [-0.4, -0.2) is 18.2 Å². The second-order valence-electron chi connectivity index (χ2n) is 8.32. The Morgan fingerprint density at radius 1 is 1.04 bits per heavy atom. The number of hydrogen-bond acceptors (Lipinski definition) is 2. The molecule has 0 heterocycles. The fourth-order valence-corrected chi connectivity index (χ4v) is 5.64. The first-order valence-electron chi connectivity index (χ1n) is 9.42. The van der Waals surface area contributed by atoms with Gasteiger partial charge in [-0.15, -0.1) is 0 Å². The predicted octanol–water partition coefficient (Wildman–Crippen LogP) is 3.57. The van der Waals surface area contributed by atoms with Crippen molar-refractivity contribution in [3.05, 3.63) is 35.4 Å². The first-order valence-corrected chi connectivity index (χ1v) is 9.42. The molecule has 4 fully saturated rings. The van der Waals surface area contributed by atoms with Gasteiger partial charge in [-0.1, -0.05) is 24.0 Å². The summed E-state index contributed by atoms with van der Waals surface area (Å²) in [6.45, 7) is 1.95. The first kappa shape index (κ1) is 16.4.